The van der Waals surface area contributed by atoms with E-state index in [0.29, 0.717) is 12.1 Å². The molecule has 0 saturated carbocycles. The quantitative estimate of drug-likeness (QED) is 0.665. The van der Waals surface area contributed by atoms with Crippen molar-refractivity contribution in [3.05, 3.63) is 58.9 Å². The summed E-state index contributed by atoms with van der Waals surface area (Å²) >= 11 is 5.86. The second-order valence-electron chi connectivity index (χ2n) is 4.29. The third-order valence-electron chi connectivity index (χ3n) is 2.83. The van der Waals surface area contributed by atoms with Gasteiger partial charge in [0.05, 0.1) is 11.9 Å². The minimum atomic E-state index is 0.0420. The third-order valence-corrected chi connectivity index (χ3v) is 3.09. The highest BCUT2D eigenvalue weighted by atomic mass is 35.5. The molecule has 0 fully saturated rings. The monoisotopic (exact) mass is 274 g/mol. The lowest BCUT2D eigenvalue weighted by molar-refractivity contribution is 0.916. The fourth-order valence-corrected chi connectivity index (χ4v) is 1.99. The first-order valence-electron chi connectivity index (χ1n) is 5.82. The van der Waals surface area contributed by atoms with Crippen molar-refractivity contribution < 1.29 is 0 Å². The Morgan fingerprint density at radius 1 is 1.32 bits per heavy atom. The fourth-order valence-electron chi connectivity index (χ4n) is 1.87. The molecular weight excluding hydrogens is 260 g/mol. The number of pyridine rings is 1. The first-order valence-corrected chi connectivity index (χ1v) is 6.19. The van der Waals surface area contributed by atoms with Gasteiger partial charge >= 0.3 is 0 Å². The van der Waals surface area contributed by atoms with Gasteiger partial charge in [-0.15, -0.1) is 0 Å². The van der Waals surface area contributed by atoms with E-state index in [0.717, 1.165) is 16.3 Å². The molecule has 98 valence electrons. The van der Waals surface area contributed by atoms with E-state index in [9.17, 15) is 0 Å². The summed E-state index contributed by atoms with van der Waals surface area (Å²) in [7, 11) is 1.94. The van der Waals surface area contributed by atoms with Crippen LogP contribution in [0, 0.1) is 5.41 Å². The molecule has 0 atom stereocenters. The maximum atomic E-state index is 7.58. The number of nitrogens with one attached hydrogen (secondary N) is 1. The molecule has 0 bridgehead atoms. The van der Waals surface area contributed by atoms with E-state index >= 15 is 0 Å². The van der Waals surface area contributed by atoms with Crippen LogP contribution in [0.3, 0.4) is 0 Å². The highest BCUT2D eigenvalue weighted by molar-refractivity contribution is 6.30. The van der Waals surface area contributed by atoms with Crippen LogP contribution < -0.4 is 10.6 Å². The van der Waals surface area contributed by atoms with E-state index in [1.807, 2.05) is 36.2 Å². The number of anilines is 1. The Morgan fingerprint density at radius 2 is 2.00 bits per heavy atom. The van der Waals surface area contributed by atoms with Crippen molar-refractivity contribution in [1.82, 2.24) is 4.98 Å². The molecule has 5 heteroatoms. The largest absolute Gasteiger partial charge is 0.384 e. The molecular formula is C14H15ClN4. The Hall–Kier alpha value is -2.07. The van der Waals surface area contributed by atoms with Crippen LogP contribution >= 0.6 is 11.6 Å². The summed E-state index contributed by atoms with van der Waals surface area (Å²) in [6.45, 7) is 0.698. The molecule has 4 nitrogen and oxygen atoms in total. The molecule has 2 rings (SSSR count). The van der Waals surface area contributed by atoms with Crippen LogP contribution in [0.1, 0.15) is 11.1 Å². The lowest BCUT2D eigenvalue weighted by atomic mass is 10.1. The van der Waals surface area contributed by atoms with Gasteiger partial charge in [0.15, 0.2) is 0 Å². The van der Waals surface area contributed by atoms with E-state index < -0.39 is 0 Å². The maximum absolute atomic E-state index is 7.58. The number of hydrogen-bond donors (Lipinski definition) is 2. The number of rotatable bonds is 4. The predicted octanol–water partition coefficient (Wildman–Crippen LogP) is 2.66. The van der Waals surface area contributed by atoms with Gasteiger partial charge in [0.25, 0.3) is 0 Å². The molecule has 1 aromatic carbocycles. The molecule has 0 spiro atoms. The lowest BCUT2D eigenvalue weighted by Gasteiger charge is -2.21. The van der Waals surface area contributed by atoms with Gasteiger partial charge in [-0.1, -0.05) is 23.7 Å². The number of halogens is 1. The van der Waals surface area contributed by atoms with Crippen molar-refractivity contribution in [3.8, 4) is 0 Å². The summed E-state index contributed by atoms with van der Waals surface area (Å²) < 4.78 is 0. The van der Waals surface area contributed by atoms with E-state index in [1.165, 1.54) is 0 Å². The highest BCUT2D eigenvalue weighted by Crippen LogP contribution is 2.20. The molecule has 1 aromatic heterocycles. The van der Waals surface area contributed by atoms with Crippen molar-refractivity contribution in [3.63, 3.8) is 0 Å². The van der Waals surface area contributed by atoms with Gasteiger partial charge < -0.3 is 10.6 Å². The van der Waals surface area contributed by atoms with Crippen LogP contribution in [0.25, 0.3) is 0 Å². The van der Waals surface area contributed by atoms with Gasteiger partial charge in [0.2, 0.25) is 0 Å². The Balaban J connectivity index is 2.22. The van der Waals surface area contributed by atoms with Crippen LogP contribution in [-0.2, 0) is 6.54 Å². The summed E-state index contributed by atoms with van der Waals surface area (Å²) in [5.74, 6) is 0.0420. The highest BCUT2D eigenvalue weighted by Gasteiger charge is 2.10. The lowest BCUT2D eigenvalue weighted by Crippen LogP contribution is -2.22. The number of aromatic nitrogens is 1. The summed E-state index contributed by atoms with van der Waals surface area (Å²) in [5.41, 5.74) is 8.23. The molecule has 0 aliphatic carbocycles. The zero-order chi connectivity index (χ0) is 13.8. The third kappa shape index (κ3) is 3.23. The molecule has 0 saturated heterocycles. The van der Waals surface area contributed by atoms with Gasteiger partial charge in [-0.2, -0.15) is 0 Å². The SMILES string of the molecule is CN(Cc1ccc(Cl)cc1)c1cnccc1C(=N)N. The van der Waals surface area contributed by atoms with Crippen LogP contribution in [0.15, 0.2) is 42.7 Å². The molecule has 0 unspecified atom stereocenters. The minimum Gasteiger partial charge on any atom is -0.384 e. The predicted molar refractivity (Wildman–Crippen MR) is 78.8 cm³/mol. The summed E-state index contributed by atoms with van der Waals surface area (Å²) in [4.78, 5) is 6.10. The van der Waals surface area contributed by atoms with Crippen molar-refractivity contribution in [2.24, 2.45) is 5.73 Å². The topological polar surface area (TPSA) is 66.0 Å². The number of nitrogens with zero attached hydrogens (tertiary/aromatic N) is 2. The number of benzene rings is 1. The van der Waals surface area contributed by atoms with Crippen LogP contribution in [0.2, 0.25) is 5.02 Å². The Bertz CT molecular complexity index is 580. The molecule has 0 radical (unpaired) electrons. The Labute approximate surface area is 117 Å². The first kappa shape index (κ1) is 13.4. The van der Waals surface area contributed by atoms with Crippen molar-refractivity contribution in [1.29, 1.82) is 5.41 Å². The van der Waals surface area contributed by atoms with Gasteiger partial charge in [-0.25, -0.2) is 0 Å². The number of amidine groups is 1. The second kappa shape index (κ2) is 5.71. The Morgan fingerprint density at radius 3 is 2.63 bits per heavy atom. The van der Waals surface area contributed by atoms with Crippen molar-refractivity contribution in [2.75, 3.05) is 11.9 Å². The van der Waals surface area contributed by atoms with E-state index in [2.05, 4.69) is 4.98 Å². The number of nitrogens with two attached hydrogens (primary N) is 1. The molecule has 0 aliphatic heterocycles. The average Bonchev–Trinajstić information content (AvgIpc) is 2.41. The fraction of sp³-hybridized carbons (Fsp3) is 0.143. The first-order chi connectivity index (χ1) is 9.08. The molecule has 0 amide bonds. The smallest absolute Gasteiger partial charge is 0.125 e. The van der Waals surface area contributed by atoms with E-state index in [1.54, 1.807) is 18.5 Å². The van der Waals surface area contributed by atoms with Crippen molar-refractivity contribution >= 4 is 23.1 Å². The van der Waals surface area contributed by atoms with Crippen molar-refractivity contribution in [2.45, 2.75) is 6.54 Å². The van der Waals surface area contributed by atoms with Gasteiger partial charge in [0, 0.05) is 30.4 Å². The van der Waals surface area contributed by atoms with Gasteiger partial charge in [-0.05, 0) is 23.8 Å². The zero-order valence-corrected chi connectivity index (χ0v) is 11.4. The molecule has 1 heterocycles. The molecule has 3 N–H and O–H groups in total. The molecule has 19 heavy (non-hydrogen) atoms. The normalized spacial score (nSPS) is 10.2. The summed E-state index contributed by atoms with van der Waals surface area (Å²) in [6.07, 6.45) is 3.35. The Kier molecular flexibility index (Phi) is 4.02. The summed E-state index contributed by atoms with van der Waals surface area (Å²) in [5, 5.41) is 8.30. The van der Waals surface area contributed by atoms with Crippen LogP contribution in [-0.4, -0.2) is 17.9 Å². The zero-order valence-electron chi connectivity index (χ0n) is 10.6. The molecule has 0 aliphatic rings. The maximum Gasteiger partial charge on any atom is 0.125 e. The van der Waals surface area contributed by atoms with Gasteiger partial charge in [0.1, 0.15) is 5.84 Å². The van der Waals surface area contributed by atoms with Crippen LogP contribution in [0.4, 0.5) is 5.69 Å². The average molecular weight is 275 g/mol. The standard InChI is InChI=1S/C14H15ClN4/c1-19(9-10-2-4-11(15)5-3-10)13-8-18-7-6-12(13)14(16)17/h2-8H,9H2,1H3,(H3,16,17). The van der Waals surface area contributed by atoms with Crippen LogP contribution in [0.5, 0.6) is 0 Å². The molecule has 2 aromatic rings. The van der Waals surface area contributed by atoms with E-state index in [4.69, 9.17) is 22.7 Å². The minimum absolute atomic E-state index is 0.0420. The summed E-state index contributed by atoms with van der Waals surface area (Å²) in [6, 6.07) is 9.42. The number of hydrogen-bond acceptors (Lipinski definition) is 3. The number of nitrogen functional groups attached to an aromatic ring is 1. The second-order valence-corrected chi connectivity index (χ2v) is 4.73. The van der Waals surface area contributed by atoms with Gasteiger partial charge in [-0.3, -0.25) is 10.4 Å². The van der Waals surface area contributed by atoms with E-state index in [-0.39, 0.29) is 5.84 Å².